The highest BCUT2D eigenvalue weighted by atomic mass is 32.1. The molecule has 0 spiro atoms. The summed E-state index contributed by atoms with van der Waals surface area (Å²) in [6, 6.07) is 17.8. The molecule has 2 heterocycles. The van der Waals surface area contributed by atoms with Crippen LogP contribution in [-0.4, -0.2) is 10.9 Å². The normalized spacial score (nSPS) is 10.5. The van der Waals surface area contributed by atoms with Crippen molar-refractivity contribution in [3.8, 4) is 23.5 Å². The lowest BCUT2D eigenvalue weighted by molar-refractivity contribution is 0.100. The fourth-order valence-electron chi connectivity index (χ4n) is 2.84. The second kappa shape index (κ2) is 6.94. The van der Waals surface area contributed by atoms with E-state index in [0.29, 0.717) is 4.88 Å². The van der Waals surface area contributed by atoms with Gasteiger partial charge in [0.25, 0.3) is 5.91 Å². The molecule has 2 aromatic carbocycles. The second-order valence-electron chi connectivity index (χ2n) is 6.00. The highest BCUT2D eigenvalue weighted by Crippen LogP contribution is 2.32. The van der Waals surface area contributed by atoms with E-state index in [1.807, 2.05) is 48.5 Å². The lowest BCUT2D eigenvalue weighted by Gasteiger charge is -2.09. The van der Waals surface area contributed by atoms with Gasteiger partial charge in [-0.2, -0.15) is 0 Å². The first-order chi connectivity index (χ1) is 13.1. The fourth-order valence-corrected chi connectivity index (χ4v) is 3.75. The van der Waals surface area contributed by atoms with Crippen LogP contribution in [-0.2, 0) is 0 Å². The molecule has 0 radical (unpaired) electrons. The van der Waals surface area contributed by atoms with Gasteiger partial charge in [-0.3, -0.25) is 9.78 Å². The van der Waals surface area contributed by atoms with E-state index in [0.717, 1.165) is 38.2 Å². The third-order valence-corrected chi connectivity index (χ3v) is 5.32. The molecule has 4 rings (SSSR count). The van der Waals surface area contributed by atoms with Crippen LogP contribution in [0.4, 0.5) is 11.4 Å². The molecule has 130 valence electrons. The zero-order valence-electron chi connectivity index (χ0n) is 14.3. The predicted octanol–water partition coefficient (Wildman–Crippen LogP) is 4.79. The maximum atomic E-state index is 11.4. The Hall–Kier alpha value is -3.62. The predicted molar refractivity (Wildman–Crippen MR) is 111 cm³/mol. The average Bonchev–Trinajstić information content (AvgIpc) is 3.15. The van der Waals surface area contributed by atoms with Gasteiger partial charge in [0.1, 0.15) is 0 Å². The standard InChI is InChI=1S/C22H15N3OS/c1-2-14-3-5-15(6-4-14)16-7-9-17(10-8-16)25-19-12-24-13-21-18(19)11-20(27-21)22(23)26/h1,3-13,25H,(H2,23,26). The number of carbonyl (C=O) groups excluding carboxylic acids is 1. The summed E-state index contributed by atoms with van der Waals surface area (Å²) in [4.78, 5) is 16.2. The van der Waals surface area contributed by atoms with Crippen molar-refractivity contribution in [3.05, 3.63) is 77.4 Å². The van der Waals surface area contributed by atoms with E-state index >= 15 is 0 Å². The van der Waals surface area contributed by atoms with Crippen LogP contribution in [0.5, 0.6) is 0 Å². The Kier molecular flexibility index (Phi) is 4.33. The maximum absolute atomic E-state index is 11.4. The number of fused-ring (bicyclic) bond motifs is 1. The Morgan fingerprint density at radius 3 is 2.33 bits per heavy atom. The maximum Gasteiger partial charge on any atom is 0.258 e. The van der Waals surface area contributed by atoms with Crippen LogP contribution in [0, 0.1) is 12.3 Å². The van der Waals surface area contributed by atoms with Crippen molar-refractivity contribution in [1.82, 2.24) is 4.98 Å². The van der Waals surface area contributed by atoms with Crippen LogP contribution < -0.4 is 11.1 Å². The van der Waals surface area contributed by atoms with Crippen molar-refractivity contribution in [2.45, 2.75) is 0 Å². The van der Waals surface area contributed by atoms with Gasteiger partial charge < -0.3 is 11.1 Å². The number of hydrogen-bond donors (Lipinski definition) is 2. The number of terminal acetylenes is 1. The number of aromatic nitrogens is 1. The first kappa shape index (κ1) is 16.8. The molecule has 0 fully saturated rings. The molecule has 0 saturated heterocycles. The van der Waals surface area contributed by atoms with E-state index in [1.165, 1.54) is 11.3 Å². The molecule has 0 aliphatic heterocycles. The zero-order valence-corrected chi connectivity index (χ0v) is 15.1. The summed E-state index contributed by atoms with van der Waals surface area (Å²) in [7, 11) is 0. The number of nitrogens with zero attached hydrogens (tertiary/aromatic N) is 1. The molecule has 0 saturated carbocycles. The van der Waals surface area contributed by atoms with Gasteiger partial charge in [0.2, 0.25) is 0 Å². The number of anilines is 2. The fraction of sp³-hybridized carbons (Fsp3) is 0. The molecule has 0 aliphatic rings. The van der Waals surface area contributed by atoms with Gasteiger partial charge >= 0.3 is 0 Å². The lowest BCUT2D eigenvalue weighted by Crippen LogP contribution is -2.08. The number of carbonyl (C=O) groups is 1. The van der Waals surface area contributed by atoms with Crippen LogP contribution in [0.2, 0.25) is 0 Å². The number of pyridine rings is 1. The van der Waals surface area contributed by atoms with Crippen molar-refractivity contribution in [2.24, 2.45) is 5.73 Å². The number of primary amides is 1. The van der Waals surface area contributed by atoms with E-state index < -0.39 is 5.91 Å². The first-order valence-electron chi connectivity index (χ1n) is 8.25. The Balaban J connectivity index is 1.61. The quantitative estimate of drug-likeness (QED) is 0.508. The molecule has 0 aliphatic carbocycles. The Bertz CT molecular complexity index is 1170. The molecular formula is C22H15N3OS. The SMILES string of the molecule is C#Cc1ccc(-c2ccc(Nc3cncc4sc(C(N)=O)cc34)cc2)cc1. The van der Waals surface area contributed by atoms with E-state index in [4.69, 9.17) is 12.2 Å². The van der Waals surface area contributed by atoms with Crippen molar-refractivity contribution in [3.63, 3.8) is 0 Å². The number of hydrogen-bond acceptors (Lipinski definition) is 4. The Labute approximate surface area is 160 Å². The number of thiophene rings is 1. The third kappa shape index (κ3) is 3.39. The first-order valence-corrected chi connectivity index (χ1v) is 9.07. The monoisotopic (exact) mass is 369 g/mol. The third-order valence-electron chi connectivity index (χ3n) is 4.24. The summed E-state index contributed by atoms with van der Waals surface area (Å²) in [6.07, 6.45) is 8.88. The summed E-state index contributed by atoms with van der Waals surface area (Å²) >= 11 is 1.34. The minimum Gasteiger partial charge on any atom is -0.365 e. The number of benzene rings is 2. The van der Waals surface area contributed by atoms with Gasteiger partial charge in [-0.05, 0) is 41.5 Å². The van der Waals surface area contributed by atoms with E-state index in [2.05, 4.69) is 16.2 Å². The van der Waals surface area contributed by atoms with Crippen LogP contribution in [0.15, 0.2) is 67.0 Å². The molecular weight excluding hydrogens is 354 g/mol. The summed E-state index contributed by atoms with van der Waals surface area (Å²) in [5.74, 6) is 2.19. The molecule has 4 aromatic rings. The van der Waals surface area contributed by atoms with Crippen LogP contribution >= 0.6 is 11.3 Å². The zero-order chi connectivity index (χ0) is 18.8. The van der Waals surface area contributed by atoms with Gasteiger partial charge in [0.05, 0.1) is 21.5 Å². The Morgan fingerprint density at radius 1 is 1.04 bits per heavy atom. The molecule has 4 nitrogen and oxygen atoms in total. The van der Waals surface area contributed by atoms with Crippen molar-refractivity contribution >= 4 is 38.7 Å². The molecule has 27 heavy (non-hydrogen) atoms. The van der Waals surface area contributed by atoms with Gasteiger partial charge in [-0.15, -0.1) is 17.8 Å². The van der Waals surface area contributed by atoms with E-state index in [-0.39, 0.29) is 0 Å². The minimum absolute atomic E-state index is 0.428. The summed E-state index contributed by atoms with van der Waals surface area (Å²) in [6.45, 7) is 0. The van der Waals surface area contributed by atoms with Crippen LogP contribution in [0.3, 0.4) is 0 Å². The second-order valence-corrected chi connectivity index (χ2v) is 7.08. The molecule has 2 aromatic heterocycles. The van der Waals surface area contributed by atoms with Gasteiger partial charge in [-0.1, -0.05) is 30.2 Å². The lowest BCUT2D eigenvalue weighted by atomic mass is 10.0. The van der Waals surface area contributed by atoms with Crippen LogP contribution in [0.25, 0.3) is 21.2 Å². The summed E-state index contributed by atoms with van der Waals surface area (Å²) < 4.78 is 0.916. The van der Waals surface area contributed by atoms with E-state index in [1.54, 1.807) is 18.5 Å². The van der Waals surface area contributed by atoms with Gasteiger partial charge in [0.15, 0.2) is 0 Å². The Morgan fingerprint density at radius 2 is 1.70 bits per heavy atom. The van der Waals surface area contributed by atoms with E-state index in [9.17, 15) is 4.79 Å². The molecule has 0 atom stereocenters. The molecule has 0 bridgehead atoms. The largest absolute Gasteiger partial charge is 0.365 e. The summed E-state index contributed by atoms with van der Waals surface area (Å²) in [5, 5.41) is 4.29. The van der Waals surface area contributed by atoms with Gasteiger partial charge in [0, 0.05) is 22.8 Å². The smallest absolute Gasteiger partial charge is 0.258 e. The van der Waals surface area contributed by atoms with Gasteiger partial charge in [-0.25, -0.2) is 0 Å². The highest BCUT2D eigenvalue weighted by molar-refractivity contribution is 7.20. The van der Waals surface area contributed by atoms with Crippen molar-refractivity contribution in [2.75, 3.05) is 5.32 Å². The number of amides is 1. The van der Waals surface area contributed by atoms with Crippen molar-refractivity contribution in [1.29, 1.82) is 0 Å². The topological polar surface area (TPSA) is 68.0 Å². The molecule has 1 amide bonds. The summed E-state index contributed by atoms with van der Waals surface area (Å²) in [5.41, 5.74) is 10.2. The molecule has 5 heteroatoms. The number of nitrogens with two attached hydrogens (primary N) is 1. The number of nitrogens with one attached hydrogen (secondary N) is 1. The minimum atomic E-state index is -0.428. The molecule has 0 unspecified atom stereocenters. The number of rotatable bonds is 4. The molecule has 3 N–H and O–H groups in total. The van der Waals surface area contributed by atoms with Crippen molar-refractivity contribution < 1.29 is 4.79 Å². The average molecular weight is 369 g/mol. The van der Waals surface area contributed by atoms with Crippen LogP contribution in [0.1, 0.15) is 15.2 Å². The highest BCUT2D eigenvalue weighted by Gasteiger charge is 2.10.